The van der Waals surface area contributed by atoms with Crippen molar-refractivity contribution in [2.45, 2.75) is 20.5 Å². The Bertz CT molecular complexity index is 539. The van der Waals surface area contributed by atoms with E-state index in [0.717, 1.165) is 17.6 Å². The molecule has 2 rings (SSSR count). The van der Waals surface area contributed by atoms with E-state index in [2.05, 4.69) is 32.0 Å². The molecule has 0 saturated heterocycles. The van der Waals surface area contributed by atoms with Crippen LogP contribution in [0.2, 0.25) is 0 Å². The van der Waals surface area contributed by atoms with Crippen LogP contribution in [-0.4, -0.2) is 6.29 Å². The third kappa shape index (κ3) is 3.20. The van der Waals surface area contributed by atoms with Gasteiger partial charge in [-0.2, -0.15) is 0 Å². The van der Waals surface area contributed by atoms with Gasteiger partial charge in [-0.05, 0) is 31.5 Å². The first-order valence-electron chi connectivity index (χ1n) is 5.92. The van der Waals surface area contributed by atoms with Crippen LogP contribution in [0, 0.1) is 13.8 Å². The van der Waals surface area contributed by atoms with Crippen LogP contribution in [0.4, 0.5) is 0 Å². The minimum absolute atomic E-state index is 0.519. The number of hydrogen-bond acceptors (Lipinski definition) is 2. The van der Waals surface area contributed by atoms with E-state index in [1.807, 2.05) is 12.1 Å². The summed E-state index contributed by atoms with van der Waals surface area (Å²) in [5.41, 5.74) is 4.24. The van der Waals surface area contributed by atoms with Crippen molar-refractivity contribution in [1.29, 1.82) is 0 Å². The van der Waals surface area contributed by atoms with Gasteiger partial charge in [0.25, 0.3) is 0 Å². The van der Waals surface area contributed by atoms with Crippen LogP contribution in [-0.2, 0) is 6.61 Å². The van der Waals surface area contributed by atoms with Crippen LogP contribution < -0.4 is 4.74 Å². The zero-order chi connectivity index (χ0) is 13.0. The average Bonchev–Trinajstić information content (AvgIpc) is 2.35. The fraction of sp³-hybridized carbons (Fsp3) is 0.188. The first-order chi connectivity index (χ1) is 8.67. The highest BCUT2D eigenvalue weighted by Crippen LogP contribution is 2.15. The zero-order valence-corrected chi connectivity index (χ0v) is 10.6. The Kier molecular flexibility index (Phi) is 3.78. The number of hydrogen-bond donors (Lipinski definition) is 0. The lowest BCUT2D eigenvalue weighted by Crippen LogP contribution is -1.97. The Labute approximate surface area is 107 Å². The molecule has 0 aliphatic heterocycles. The normalized spacial score (nSPS) is 10.1. The van der Waals surface area contributed by atoms with E-state index in [4.69, 9.17) is 4.74 Å². The summed E-state index contributed by atoms with van der Waals surface area (Å²) in [6.07, 6.45) is 0.823. The van der Waals surface area contributed by atoms with E-state index >= 15 is 0 Å². The summed E-state index contributed by atoms with van der Waals surface area (Å²) in [4.78, 5) is 10.7. The van der Waals surface area contributed by atoms with Gasteiger partial charge in [0, 0.05) is 5.56 Å². The first kappa shape index (κ1) is 12.4. The van der Waals surface area contributed by atoms with Crippen LogP contribution in [0.3, 0.4) is 0 Å². The van der Waals surface area contributed by atoms with Gasteiger partial charge in [0.15, 0.2) is 0 Å². The maximum absolute atomic E-state index is 10.7. The van der Waals surface area contributed by atoms with Crippen molar-refractivity contribution in [3.63, 3.8) is 0 Å². The predicted octanol–water partition coefficient (Wildman–Crippen LogP) is 3.69. The molecule has 2 heteroatoms. The number of rotatable bonds is 4. The molecule has 2 nitrogen and oxygen atoms in total. The fourth-order valence-electron chi connectivity index (χ4n) is 2.00. The highest BCUT2D eigenvalue weighted by atomic mass is 16.5. The quantitative estimate of drug-likeness (QED) is 0.762. The summed E-state index contributed by atoms with van der Waals surface area (Å²) in [6.45, 7) is 4.66. The molecular weight excluding hydrogens is 224 g/mol. The SMILES string of the molecule is Cc1cc(C)cc(COc2cccc(C=O)c2)c1. The molecule has 0 radical (unpaired) electrons. The second-order valence-corrected chi connectivity index (χ2v) is 4.47. The van der Waals surface area contributed by atoms with Crippen molar-refractivity contribution < 1.29 is 9.53 Å². The standard InChI is InChI=1S/C16H16O2/c1-12-6-13(2)8-15(7-12)11-18-16-5-3-4-14(9-16)10-17/h3-10H,11H2,1-2H3. The molecule has 0 atom stereocenters. The van der Waals surface area contributed by atoms with Gasteiger partial charge in [0.05, 0.1) is 0 Å². The van der Waals surface area contributed by atoms with Gasteiger partial charge >= 0.3 is 0 Å². The molecule has 2 aromatic rings. The summed E-state index contributed by atoms with van der Waals surface area (Å²) < 4.78 is 5.69. The molecule has 0 bridgehead atoms. The first-order valence-corrected chi connectivity index (χ1v) is 5.92. The Hall–Kier alpha value is -2.09. The van der Waals surface area contributed by atoms with Gasteiger partial charge in [-0.25, -0.2) is 0 Å². The molecule has 18 heavy (non-hydrogen) atoms. The maximum Gasteiger partial charge on any atom is 0.150 e. The number of aldehydes is 1. The molecule has 0 N–H and O–H groups in total. The lowest BCUT2D eigenvalue weighted by atomic mass is 10.1. The van der Waals surface area contributed by atoms with Crippen LogP contribution in [0.5, 0.6) is 5.75 Å². The van der Waals surface area contributed by atoms with Gasteiger partial charge in [-0.3, -0.25) is 4.79 Å². The Morgan fingerprint density at radius 2 is 1.78 bits per heavy atom. The molecule has 0 aromatic heterocycles. The van der Waals surface area contributed by atoms with E-state index < -0.39 is 0 Å². The van der Waals surface area contributed by atoms with Crippen LogP contribution in [0.25, 0.3) is 0 Å². The second-order valence-electron chi connectivity index (χ2n) is 4.47. The van der Waals surface area contributed by atoms with E-state index in [-0.39, 0.29) is 0 Å². The van der Waals surface area contributed by atoms with Gasteiger partial charge in [-0.1, -0.05) is 41.5 Å². The van der Waals surface area contributed by atoms with Crippen molar-refractivity contribution in [3.8, 4) is 5.75 Å². The molecule has 92 valence electrons. The number of benzene rings is 2. The molecule has 2 aromatic carbocycles. The van der Waals surface area contributed by atoms with E-state index in [9.17, 15) is 4.79 Å². The Morgan fingerprint density at radius 1 is 1.06 bits per heavy atom. The van der Waals surface area contributed by atoms with E-state index in [1.165, 1.54) is 11.1 Å². The minimum atomic E-state index is 0.519. The molecule has 0 amide bonds. The van der Waals surface area contributed by atoms with E-state index in [1.54, 1.807) is 12.1 Å². The average molecular weight is 240 g/mol. The topological polar surface area (TPSA) is 26.3 Å². The summed E-state index contributed by atoms with van der Waals surface area (Å²) in [5, 5.41) is 0. The molecule has 0 fully saturated rings. The van der Waals surface area contributed by atoms with Crippen molar-refractivity contribution >= 4 is 6.29 Å². The van der Waals surface area contributed by atoms with E-state index in [0.29, 0.717) is 12.2 Å². The molecule has 0 saturated carbocycles. The fourth-order valence-corrected chi connectivity index (χ4v) is 2.00. The molecular formula is C16H16O2. The lowest BCUT2D eigenvalue weighted by Gasteiger charge is -2.08. The van der Waals surface area contributed by atoms with Crippen LogP contribution in [0.1, 0.15) is 27.0 Å². The van der Waals surface area contributed by atoms with Gasteiger partial charge in [-0.15, -0.1) is 0 Å². The van der Waals surface area contributed by atoms with Gasteiger partial charge in [0.2, 0.25) is 0 Å². The van der Waals surface area contributed by atoms with Crippen LogP contribution >= 0.6 is 0 Å². The smallest absolute Gasteiger partial charge is 0.150 e. The van der Waals surface area contributed by atoms with Gasteiger partial charge in [0.1, 0.15) is 18.6 Å². The Morgan fingerprint density at radius 3 is 2.44 bits per heavy atom. The molecule has 0 spiro atoms. The molecule has 0 unspecified atom stereocenters. The summed E-state index contributed by atoms with van der Waals surface area (Å²) in [6, 6.07) is 13.5. The van der Waals surface area contributed by atoms with Crippen molar-refractivity contribution in [2.75, 3.05) is 0 Å². The second kappa shape index (κ2) is 5.50. The Balaban J connectivity index is 2.08. The number of aryl methyl sites for hydroxylation is 2. The molecule has 0 aliphatic rings. The summed E-state index contributed by atoms with van der Waals surface area (Å²) in [5.74, 6) is 0.721. The number of carbonyl (C=O) groups is 1. The third-order valence-electron chi connectivity index (χ3n) is 2.68. The third-order valence-corrected chi connectivity index (χ3v) is 2.68. The zero-order valence-electron chi connectivity index (χ0n) is 10.6. The lowest BCUT2D eigenvalue weighted by molar-refractivity contribution is 0.112. The molecule has 0 heterocycles. The predicted molar refractivity (Wildman–Crippen MR) is 72.1 cm³/mol. The summed E-state index contributed by atoms with van der Waals surface area (Å²) in [7, 11) is 0. The maximum atomic E-state index is 10.7. The minimum Gasteiger partial charge on any atom is -0.489 e. The summed E-state index contributed by atoms with van der Waals surface area (Å²) >= 11 is 0. The van der Waals surface area contributed by atoms with Crippen molar-refractivity contribution in [3.05, 3.63) is 64.7 Å². The van der Waals surface area contributed by atoms with Crippen molar-refractivity contribution in [2.24, 2.45) is 0 Å². The largest absolute Gasteiger partial charge is 0.489 e. The molecule has 0 aliphatic carbocycles. The monoisotopic (exact) mass is 240 g/mol. The van der Waals surface area contributed by atoms with Crippen molar-refractivity contribution in [1.82, 2.24) is 0 Å². The highest BCUT2D eigenvalue weighted by molar-refractivity contribution is 5.75. The van der Waals surface area contributed by atoms with Crippen LogP contribution in [0.15, 0.2) is 42.5 Å². The number of carbonyl (C=O) groups excluding carboxylic acids is 1. The highest BCUT2D eigenvalue weighted by Gasteiger charge is 1.99. The number of ether oxygens (including phenoxy) is 1. The van der Waals surface area contributed by atoms with Gasteiger partial charge < -0.3 is 4.74 Å².